The lowest BCUT2D eigenvalue weighted by Gasteiger charge is -2.12. The van der Waals surface area contributed by atoms with Gasteiger partial charge in [0.1, 0.15) is 0 Å². The first kappa shape index (κ1) is 13.0. The molecule has 1 aliphatic carbocycles. The van der Waals surface area contributed by atoms with Crippen molar-refractivity contribution in [1.29, 1.82) is 0 Å². The first-order chi connectivity index (χ1) is 8.56. The van der Waals surface area contributed by atoms with Crippen molar-refractivity contribution in [2.75, 3.05) is 0 Å². The third kappa shape index (κ3) is 3.54. The fraction of sp³-hybridized carbons (Fsp3) is 0.500. The molecule has 1 heterocycles. The van der Waals surface area contributed by atoms with Gasteiger partial charge in [0.25, 0.3) is 0 Å². The summed E-state index contributed by atoms with van der Waals surface area (Å²) in [6, 6.07) is 1.73. The van der Waals surface area contributed by atoms with E-state index in [9.17, 15) is 9.59 Å². The molecular formula is C12H16N2O3S. The maximum atomic E-state index is 11.7. The van der Waals surface area contributed by atoms with Crippen molar-refractivity contribution < 1.29 is 14.7 Å². The molecule has 6 heteroatoms. The first-order valence-electron chi connectivity index (χ1n) is 5.90. The van der Waals surface area contributed by atoms with E-state index in [0.717, 1.165) is 17.7 Å². The molecule has 0 bridgehead atoms. The third-order valence-electron chi connectivity index (χ3n) is 2.80. The number of amides is 1. The Morgan fingerprint density at radius 1 is 1.56 bits per heavy atom. The van der Waals surface area contributed by atoms with Crippen LogP contribution in [-0.2, 0) is 11.3 Å². The minimum atomic E-state index is -0.919. The molecule has 1 saturated carbocycles. The third-order valence-corrected chi connectivity index (χ3v) is 3.74. The maximum Gasteiger partial charge on any atom is 0.336 e. The Bertz CT molecular complexity index is 454. The van der Waals surface area contributed by atoms with Crippen LogP contribution in [0.1, 0.15) is 35.0 Å². The minimum absolute atomic E-state index is 0.00696. The molecule has 0 spiro atoms. The van der Waals surface area contributed by atoms with Crippen LogP contribution in [-0.4, -0.2) is 29.1 Å². The van der Waals surface area contributed by atoms with Crippen LogP contribution in [0.15, 0.2) is 11.4 Å². The highest BCUT2D eigenvalue weighted by atomic mass is 32.1. The number of carboxylic acids is 1. The summed E-state index contributed by atoms with van der Waals surface area (Å²) in [6.45, 7) is 2.32. The fourth-order valence-corrected chi connectivity index (χ4v) is 2.29. The number of nitrogens with one attached hydrogen (secondary N) is 2. The predicted molar refractivity (Wildman–Crippen MR) is 68.7 cm³/mol. The van der Waals surface area contributed by atoms with Gasteiger partial charge in [0.2, 0.25) is 5.91 Å². The van der Waals surface area contributed by atoms with Crippen molar-refractivity contribution >= 4 is 23.2 Å². The summed E-state index contributed by atoms with van der Waals surface area (Å²) in [4.78, 5) is 23.3. The summed E-state index contributed by atoms with van der Waals surface area (Å²) in [5.41, 5.74) is 0.298. The van der Waals surface area contributed by atoms with Gasteiger partial charge in [-0.15, -0.1) is 11.3 Å². The largest absolute Gasteiger partial charge is 0.478 e. The lowest BCUT2D eigenvalue weighted by Crippen LogP contribution is -2.42. The summed E-state index contributed by atoms with van der Waals surface area (Å²) < 4.78 is 0. The number of hydrogen-bond donors (Lipinski definition) is 3. The molecule has 1 atom stereocenters. The highest BCUT2D eigenvalue weighted by Gasteiger charge is 2.25. The van der Waals surface area contributed by atoms with Crippen LogP contribution >= 0.6 is 11.3 Å². The molecule has 3 N–H and O–H groups in total. The summed E-state index contributed by atoms with van der Waals surface area (Å²) in [7, 11) is 0. The Kier molecular flexibility index (Phi) is 3.98. The van der Waals surface area contributed by atoms with Gasteiger partial charge in [0, 0.05) is 22.8 Å². The molecule has 2 rings (SSSR count). The predicted octanol–water partition coefficient (Wildman–Crippen LogP) is 1.20. The highest BCUT2D eigenvalue weighted by Crippen LogP contribution is 2.18. The second-order valence-corrected chi connectivity index (χ2v) is 5.49. The number of carbonyl (C=O) groups is 2. The second-order valence-electron chi connectivity index (χ2n) is 4.49. The monoisotopic (exact) mass is 268 g/mol. The van der Waals surface area contributed by atoms with Gasteiger partial charge in [-0.05, 0) is 25.8 Å². The summed E-state index contributed by atoms with van der Waals surface area (Å²) in [6.07, 6.45) is 2.15. The summed E-state index contributed by atoms with van der Waals surface area (Å²) in [5.74, 6) is -0.912. The van der Waals surface area contributed by atoms with Crippen molar-refractivity contribution in [2.24, 2.45) is 0 Å². The van der Waals surface area contributed by atoms with Gasteiger partial charge >= 0.3 is 5.97 Å². The lowest BCUT2D eigenvalue weighted by atomic mass is 10.3. The fourth-order valence-electron chi connectivity index (χ4n) is 1.49. The SMILES string of the molecule is CC(NCc1cc(C(=O)O)cs1)C(=O)NC1CC1. The number of thiophene rings is 1. The quantitative estimate of drug-likeness (QED) is 0.724. The van der Waals surface area contributed by atoms with Crippen LogP contribution < -0.4 is 10.6 Å². The van der Waals surface area contributed by atoms with Crippen LogP contribution in [0.25, 0.3) is 0 Å². The van der Waals surface area contributed by atoms with E-state index in [1.54, 1.807) is 11.4 Å². The van der Waals surface area contributed by atoms with E-state index in [0.29, 0.717) is 18.2 Å². The van der Waals surface area contributed by atoms with Gasteiger partial charge < -0.3 is 15.7 Å². The molecule has 1 fully saturated rings. The van der Waals surface area contributed by atoms with Crippen molar-refractivity contribution in [3.63, 3.8) is 0 Å². The Balaban J connectivity index is 1.78. The van der Waals surface area contributed by atoms with E-state index in [-0.39, 0.29) is 11.9 Å². The molecule has 1 aliphatic rings. The average Bonchev–Trinajstić information content (AvgIpc) is 3.00. The lowest BCUT2D eigenvalue weighted by molar-refractivity contribution is -0.122. The molecular weight excluding hydrogens is 252 g/mol. The molecule has 1 amide bonds. The van der Waals surface area contributed by atoms with Crippen LogP contribution in [0.3, 0.4) is 0 Å². The Labute approximate surface area is 109 Å². The van der Waals surface area contributed by atoms with Gasteiger partial charge in [0.15, 0.2) is 0 Å². The zero-order chi connectivity index (χ0) is 13.1. The van der Waals surface area contributed by atoms with E-state index < -0.39 is 5.97 Å². The molecule has 1 aromatic heterocycles. The highest BCUT2D eigenvalue weighted by molar-refractivity contribution is 7.10. The molecule has 5 nitrogen and oxygen atoms in total. The van der Waals surface area contributed by atoms with Crippen molar-refractivity contribution in [3.8, 4) is 0 Å². The Morgan fingerprint density at radius 2 is 2.28 bits per heavy atom. The van der Waals surface area contributed by atoms with Crippen LogP contribution in [0.5, 0.6) is 0 Å². The standard InChI is InChI=1S/C12H16N2O3S/c1-7(11(15)14-9-2-3-9)13-5-10-4-8(6-18-10)12(16)17/h4,6-7,9,13H,2-3,5H2,1H3,(H,14,15)(H,16,17). The van der Waals surface area contributed by atoms with E-state index in [1.807, 2.05) is 6.92 Å². The zero-order valence-corrected chi connectivity index (χ0v) is 10.9. The van der Waals surface area contributed by atoms with E-state index in [1.165, 1.54) is 11.3 Å². The van der Waals surface area contributed by atoms with Gasteiger partial charge in [-0.3, -0.25) is 4.79 Å². The van der Waals surface area contributed by atoms with Crippen molar-refractivity contribution in [3.05, 3.63) is 21.9 Å². The Hall–Kier alpha value is -1.40. The number of carbonyl (C=O) groups excluding carboxylic acids is 1. The van der Waals surface area contributed by atoms with Gasteiger partial charge in [0.05, 0.1) is 11.6 Å². The van der Waals surface area contributed by atoms with E-state index in [4.69, 9.17) is 5.11 Å². The number of rotatable bonds is 6. The minimum Gasteiger partial charge on any atom is -0.478 e. The van der Waals surface area contributed by atoms with E-state index in [2.05, 4.69) is 10.6 Å². The summed E-state index contributed by atoms with van der Waals surface area (Å²) in [5, 5.41) is 16.4. The second kappa shape index (κ2) is 5.49. The molecule has 1 unspecified atom stereocenters. The molecule has 0 saturated heterocycles. The van der Waals surface area contributed by atoms with Gasteiger partial charge in [-0.2, -0.15) is 0 Å². The van der Waals surface area contributed by atoms with Crippen molar-refractivity contribution in [1.82, 2.24) is 10.6 Å². The molecule has 0 aliphatic heterocycles. The van der Waals surface area contributed by atoms with E-state index >= 15 is 0 Å². The number of carboxylic acid groups (broad SMARTS) is 1. The first-order valence-corrected chi connectivity index (χ1v) is 6.78. The van der Waals surface area contributed by atoms with Crippen LogP contribution in [0, 0.1) is 0 Å². The topological polar surface area (TPSA) is 78.4 Å². The van der Waals surface area contributed by atoms with Crippen LogP contribution in [0.2, 0.25) is 0 Å². The zero-order valence-electron chi connectivity index (χ0n) is 10.1. The smallest absolute Gasteiger partial charge is 0.336 e. The molecule has 0 radical (unpaired) electrons. The van der Waals surface area contributed by atoms with Crippen LogP contribution in [0.4, 0.5) is 0 Å². The number of aromatic carboxylic acids is 1. The molecule has 0 aromatic carbocycles. The average molecular weight is 268 g/mol. The molecule has 98 valence electrons. The maximum absolute atomic E-state index is 11.7. The summed E-state index contributed by atoms with van der Waals surface area (Å²) >= 11 is 1.38. The molecule has 18 heavy (non-hydrogen) atoms. The Morgan fingerprint density at radius 3 is 2.83 bits per heavy atom. The normalized spacial score (nSPS) is 16.3. The van der Waals surface area contributed by atoms with Crippen molar-refractivity contribution in [2.45, 2.75) is 38.4 Å². The molecule has 1 aromatic rings. The van der Waals surface area contributed by atoms with Gasteiger partial charge in [-0.25, -0.2) is 4.79 Å². The van der Waals surface area contributed by atoms with Gasteiger partial charge in [-0.1, -0.05) is 0 Å². The number of hydrogen-bond acceptors (Lipinski definition) is 4.